The van der Waals surface area contributed by atoms with Crippen molar-refractivity contribution in [1.29, 1.82) is 0 Å². The zero-order chi connectivity index (χ0) is 16.9. The zero-order valence-electron chi connectivity index (χ0n) is 12.2. The van der Waals surface area contributed by atoms with Crippen molar-refractivity contribution in [3.8, 4) is 0 Å². The summed E-state index contributed by atoms with van der Waals surface area (Å²) in [5.41, 5.74) is -1.49. The first kappa shape index (κ1) is 18.3. The molecule has 1 fully saturated rings. The van der Waals surface area contributed by atoms with Crippen LogP contribution in [0.4, 0.5) is 23.7 Å². The number of alkyl halides is 3. The van der Waals surface area contributed by atoms with Crippen LogP contribution in [-0.4, -0.2) is 46.3 Å². The molecular formula is C14H17F3N2O2S2. The summed E-state index contributed by atoms with van der Waals surface area (Å²) in [7, 11) is 0. The van der Waals surface area contributed by atoms with Gasteiger partial charge in [-0.3, -0.25) is 0 Å². The van der Waals surface area contributed by atoms with E-state index in [-0.39, 0.29) is 12.2 Å². The van der Waals surface area contributed by atoms with Crippen LogP contribution < -0.4 is 10.6 Å². The number of thioether (sulfide) groups is 2. The number of carbonyl (C=O) groups is 1. The van der Waals surface area contributed by atoms with Crippen LogP contribution in [0.25, 0.3) is 0 Å². The Bertz CT molecular complexity index is 530. The maximum Gasteiger partial charge on any atom is 0.416 e. The molecule has 0 atom stereocenters. The van der Waals surface area contributed by atoms with Crippen molar-refractivity contribution in [1.82, 2.24) is 5.32 Å². The van der Waals surface area contributed by atoms with E-state index in [9.17, 15) is 23.1 Å². The first-order chi connectivity index (χ1) is 10.8. The second-order valence-electron chi connectivity index (χ2n) is 5.21. The van der Waals surface area contributed by atoms with Gasteiger partial charge in [0.1, 0.15) is 0 Å². The van der Waals surface area contributed by atoms with Gasteiger partial charge in [0.25, 0.3) is 0 Å². The molecule has 1 heterocycles. The molecule has 1 aliphatic rings. The minimum atomic E-state index is -4.40. The van der Waals surface area contributed by atoms with E-state index in [4.69, 9.17) is 0 Å². The average Bonchev–Trinajstić information content (AvgIpc) is 2.70. The Morgan fingerprint density at radius 2 is 1.74 bits per heavy atom. The maximum absolute atomic E-state index is 12.5. The molecule has 2 amide bonds. The van der Waals surface area contributed by atoms with Crippen LogP contribution in [0.5, 0.6) is 0 Å². The number of rotatable bonds is 3. The first-order valence-corrected chi connectivity index (χ1v) is 9.19. The number of hydrogen-bond acceptors (Lipinski definition) is 4. The van der Waals surface area contributed by atoms with Gasteiger partial charge in [-0.2, -0.15) is 36.7 Å². The summed E-state index contributed by atoms with van der Waals surface area (Å²) in [4.78, 5) is 11.8. The summed E-state index contributed by atoms with van der Waals surface area (Å²) in [5, 5.41) is 15.4. The lowest BCUT2D eigenvalue weighted by molar-refractivity contribution is -0.137. The molecule has 3 N–H and O–H groups in total. The third kappa shape index (κ3) is 5.82. The number of anilines is 1. The number of benzene rings is 1. The van der Waals surface area contributed by atoms with E-state index in [2.05, 4.69) is 10.6 Å². The molecule has 1 saturated heterocycles. The number of amides is 2. The van der Waals surface area contributed by atoms with Crippen molar-refractivity contribution in [2.45, 2.75) is 11.8 Å². The van der Waals surface area contributed by atoms with Gasteiger partial charge in [0.15, 0.2) is 0 Å². The van der Waals surface area contributed by atoms with Gasteiger partial charge in [-0.25, -0.2) is 4.79 Å². The molecule has 0 bridgehead atoms. The quantitative estimate of drug-likeness (QED) is 0.770. The van der Waals surface area contributed by atoms with Gasteiger partial charge in [0, 0.05) is 35.2 Å². The Morgan fingerprint density at radius 3 is 2.26 bits per heavy atom. The van der Waals surface area contributed by atoms with Crippen molar-refractivity contribution in [2.24, 2.45) is 0 Å². The minimum Gasteiger partial charge on any atom is -0.386 e. The standard InChI is InChI=1S/C14H17F3N2O2S2/c15-14(16,17)10-1-3-11(4-2-10)19-12(20)18-7-13(21)8-22-5-6-23-9-13/h1-4,21H,5-9H2,(H2,18,19,20). The fourth-order valence-electron chi connectivity index (χ4n) is 1.95. The van der Waals surface area contributed by atoms with Gasteiger partial charge in [-0.05, 0) is 24.3 Å². The summed E-state index contributed by atoms with van der Waals surface area (Å²) in [5.74, 6) is 3.01. The Labute approximate surface area is 140 Å². The topological polar surface area (TPSA) is 61.4 Å². The lowest BCUT2D eigenvalue weighted by atomic mass is 10.1. The van der Waals surface area contributed by atoms with E-state index in [1.165, 1.54) is 12.1 Å². The third-order valence-electron chi connectivity index (χ3n) is 3.16. The molecule has 1 aromatic carbocycles. The van der Waals surface area contributed by atoms with Crippen LogP contribution in [0, 0.1) is 0 Å². The van der Waals surface area contributed by atoms with E-state index in [1.54, 1.807) is 23.5 Å². The van der Waals surface area contributed by atoms with Crippen LogP contribution in [0.2, 0.25) is 0 Å². The number of nitrogens with one attached hydrogen (secondary N) is 2. The molecule has 9 heteroatoms. The number of hydrogen-bond donors (Lipinski definition) is 3. The minimum absolute atomic E-state index is 0.0967. The van der Waals surface area contributed by atoms with E-state index in [0.717, 1.165) is 23.6 Å². The molecule has 2 rings (SSSR count). The molecule has 0 aromatic heterocycles. The second-order valence-corrected chi connectivity index (χ2v) is 7.42. The summed E-state index contributed by atoms with van der Waals surface area (Å²) in [6.45, 7) is 0.0967. The number of aliphatic hydroxyl groups is 1. The average molecular weight is 366 g/mol. The predicted molar refractivity (Wildman–Crippen MR) is 88.1 cm³/mol. The monoisotopic (exact) mass is 366 g/mol. The highest BCUT2D eigenvalue weighted by atomic mass is 32.2. The SMILES string of the molecule is O=C(NCC1(O)CSCCSC1)Nc1ccc(C(F)(F)F)cc1. The summed E-state index contributed by atoms with van der Waals surface area (Å²) in [6.07, 6.45) is -4.40. The fraction of sp³-hybridized carbons (Fsp3) is 0.500. The van der Waals surface area contributed by atoms with Gasteiger partial charge in [0.2, 0.25) is 0 Å². The Kier molecular flexibility index (Phi) is 6.10. The molecule has 1 aromatic rings. The van der Waals surface area contributed by atoms with Crippen LogP contribution in [0.1, 0.15) is 5.56 Å². The highest BCUT2D eigenvalue weighted by Gasteiger charge is 2.30. The van der Waals surface area contributed by atoms with Gasteiger partial charge >= 0.3 is 12.2 Å². The van der Waals surface area contributed by atoms with Crippen molar-refractivity contribution in [3.05, 3.63) is 29.8 Å². The number of carbonyl (C=O) groups excluding carboxylic acids is 1. The molecule has 4 nitrogen and oxygen atoms in total. The lowest BCUT2D eigenvalue weighted by Gasteiger charge is -2.25. The first-order valence-electron chi connectivity index (χ1n) is 6.88. The van der Waals surface area contributed by atoms with Crippen molar-refractivity contribution < 1.29 is 23.1 Å². The van der Waals surface area contributed by atoms with Crippen molar-refractivity contribution in [2.75, 3.05) is 34.9 Å². The summed E-state index contributed by atoms with van der Waals surface area (Å²) < 4.78 is 37.4. The van der Waals surface area contributed by atoms with Crippen LogP contribution in [0.15, 0.2) is 24.3 Å². The number of halogens is 3. The maximum atomic E-state index is 12.5. The van der Waals surface area contributed by atoms with E-state index in [0.29, 0.717) is 11.5 Å². The molecule has 0 aliphatic carbocycles. The smallest absolute Gasteiger partial charge is 0.386 e. The molecule has 128 valence electrons. The van der Waals surface area contributed by atoms with Gasteiger partial charge in [-0.15, -0.1) is 0 Å². The van der Waals surface area contributed by atoms with Crippen LogP contribution in [0.3, 0.4) is 0 Å². The number of urea groups is 1. The summed E-state index contributed by atoms with van der Waals surface area (Å²) in [6, 6.07) is 3.63. The lowest BCUT2D eigenvalue weighted by Crippen LogP contribution is -2.47. The Hall–Kier alpha value is -1.06. The normalized spacial score (nSPS) is 18.1. The van der Waals surface area contributed by atoms with Gasteiger partial charge in [-0.1, -0.05) is 0 Å². The molecule has 0 saturated carbocycles. The third-order valence-corrected chi connectivity index (χ3v) is 5.89. The highest BCUT2D eigenvalue weighted by Crippen LogP contribution is 2.29. The molecule has 0 unspecified atom stereocenters. The summed E-state index contributed by atoms with van der Waals surface area (Å²) >= 11 is 3.27. The molecule has 23 heavy (non-hydrogen) atoms. The molecule has 0 radical (unpaired) electrons. The second kappa shape index (κ2) is 7.67. The van der Waals surface area contributed by atoms with Crippen LogP contribution in [-0.2, 0) is 6.18 Å². The van der Waals surface area contributed by atoms with Gasteiger partial charge < -0.3 is 15.7 Å². The molecule has 1 aliphatic heterocycles. The zero-order valence-corrected chi connectivity index (χ0v) is 13.8. The highest BCUT2D eigenvalue weighted by molar-refractivity contribution is 8.03. The van der Waals surface area contributed by atoms with E-state index >= 15 is 0 Å². The Balaban J connectivity index is 1.84. The van der Waals surface area contributed by atoms with Crippen molar-refractivity contribution in [3.63, 3.8) is 0 Å². The predicted octanol–water partition coefficient (Wildman–Crippen LogP) is 3.04. The van der Waals surface area contributed by atoms with E-state index in [1.807, 2.05) is 0 Å². The Morgan fingerprint density at radius 1 is 1.17 bits per heavy atom. The molecule has 0 spiro atoms. The van der Waals surface area contributed by atoms with Crippen molar-refractivity contribution >= 4 is 35.2 Å². The van der Waals surface area contributed by atoms with Gasteiger partial charge in [0.05, 0.1) is 11.2 Å². The largest absolute Gasteiger partial charge is 0.416 e. The van der Waals surface area contributed by atoms with E-state index < -0.39 is 23.4 Å². The fourth-order valence-corrected chi connectivity index (χ4v) is 4.48. The molecular weight excluding hydrogens is 349 g/mol. The van der Waals surface area contributed by atoms with Crippen LogP contribution >= 0.6 is 23.5 Å².